The zero-order chi connectivity index (χ0) is 29.6. The number of carbonyl (C=O) groups is 3. The zero-order valence-electron chi connectivity index (χ0n) is 23.8. The summed E-state index contributed by atoms with van der Waals surface area (Å²) in [4.78, 5) is 46.2. The number of esters is 2. The van der Waals surface area contributed by atoms with Gasteiger partial charge in [0.2, 0.25) is 0 Å². The van der Waals surface area contributed by atoms with Gasteiger partial charge in [-0.25, -0.2) is 18.6 Å². The number of aliphatic imine (C=N–C) groups is 1. The number of methoxy groups -OCH3 is 2. The number of benzene rings is 2. The minimum atomic E-state index is -1.05. The van der Waals surface area contributed by atoms with Gasteiger partial charge in [-0.3, -0.25) is 9.59 Å². The Balaban J connectivity index is 1.36. The van der Waals surface area contributed by atoms with Gasteiger partial charge in [0.15, 0.2) is 11.6 Å². The number of nitrogens with zero attached hydrogens (tertiary/aromatic N) is 3. The number of carbonyl (C=O) groups excluding carboxylic acids is 3. The van der Waals surface area contributed by atoms with Gasteiger partial charge in [-0.05, 0) is 75.5 Å². The molecule has 8 nitrogen and oxygen atoms in total. The first kappa shape index (κ1) is 30.3. The molecule has 0 aromatic heterocycles. The Hall–Kier alpha value is -3.66. The number of rotatable bonds is 10. The molecule has 2 aromatic carbocycles. The molecule has 4 rings (SSSR count). The first-order chi connectivity index (χ1) is 19.7. The maximum atomic E-state index is 14.1. The first-order valence-electron chi connectivity index (χ1n) is 14.0. The lowest BCUT2D eigenvalue weighted by molar-refractivity contribution is -0.150. The van der Waals surface area contributed by atoms with Gasteiger partial charge in [0.1, 0.15) is 5.92 Å². The molecule has 0 N–H and O–H groups in total. The third-order valence-electron chi connectivity index (χ3n) is 8.35. The highest BCUT2D eigenvalue weighted by molar-refractivity contribution is 6.08. The second-order valence-corrected chi connectivity index (χ2v) is 10.7. The molecule has 2 aliphatic heterocycles. The minimum Gasteiger partial charge on any atom is -0.468 e. The summed E-state index contributed by atoms with van der Waals surface area (Å²) >= 11 is 0. The summed E-state index contributed by atoms with van der Waals surface area (Å²) in [6, 6.07) is 11.8. The van der Waals surface area contributed by atoms with Crippen LogP contribution in [0.15, 0.2) is 53.5 Å². The molecule has 10 heteroatoms. The number of halogens is 2. The second kappa shape index (κ2) is 13.3. The topological polar surface area (TPSA) is 88.5 Å². The maximum Gasteiger partial charge on any atom is 0.344 e. The zero-order valence-corrected chi connectivity index (χ0v) is 23.8. The van der Waals surface area contributed by atoms with Crippen LogP contribution in [0.1, 0.15) is 56.2 Å². The van der Waals surface area contributed by atoms with Crippen LogP contribution < -0.4 is 0 Å². The van der Waals surface area contributed by atoms with Crippen molar-refractivity contribution < 1.29 is 32.6 Å². The molecule has 1 fully saturated rings. The van der Waals surface area contributed by atoms with E-state index in [1.165, 1.54) is 25.2 Å². The Morgan fingerprint density at radius 3 is 2.27 bits per heavy atom. The van der Waals surface area contributed by atoms with E-state index in [-0.39, 0.29) is 11.7 Å². The second-order valence-electron chi connectivity index (χ2n) is 10.7. The Morgan fingerprint density at radius 2 is 1.63 bits per heavy atom. The van der Waals surface area contributed by atoms with Crippen molar-refractivity contribution in [1.82, 2.24) is 9.80 Å². The van der Waals surface area contributed by atoms with Crippen LogP contribution in [0.5, 0.6) is 0 Å². The van der Waals surface area contributed by atoms with Gasteiger partial charge in [0.05, 0.1) is 25.7 Å². The molecule has 0 saturated carbocycles. The van der Waals surface area contributed by atoms with E-state index in [2.05, 4.69) is 9.89 Å². The lowest BCUT2D eigenvalue weighted by Gasteiger charge is -2.40. The predicted molar refractivity (Wildman–Crippen MR) is 149 cm³/mol. The van der Waals surface area contributed by atoms with Crippen molar-refractivity contribution in [2.24, 2.45) is 10.9 Å². The van der Waals surface area contributed by atoms with Crippen molar-refractivity contribution >= 4 is 23.7 Å². The highest BCUT2D eigenvalue weighted by Gasteiger charge is 2.44. The number of unbranched alkanes of at least 4 members (excludes halogenated alkanes) is 2. The molecule has 2 amide bonds. The highest BCUT2D eigenvalue weighted by atomic mass is 19.2. The van der Waals surface area contributed by atoms with Gasteiger partial charge in [0, 0.05) is 12.3 Å². The summed E-state index contributed by atoms with van der Waals surface area (Å²) in [5.41, 5.74) is 0.931. The van der Waals surface area contributed by atoms with Crippen LogP contribution in [-0.2, 0) is 24.5 Å². The molecule has 0 spiro atoms. The van der Waals surface area contributed by atoms with Gasteiger partial charge in [-0.15, -0.1) is 0 Å². The van der Waals surface area contributed by atoms with Gasteiger partial charge in [-0.2, -0.15) is 0 Å². The molecule has 0 bridgehead atoms. The van der Waals surface area contributed by atoms with Crippen LogP contribution in [-0.4, -0.2) is 73.9 Å². The van der Waals surface area contributed by atoms with Crippen molar-refractivity contribution in [3.8, 4) is 0 Å². The van der Waals surface area contributed by atoms with Gasteiger partial charge < -0.3 is 19.3 Å². The number of urea groups is 1. The number of piperidine rings is 1. The van der Waals surface area contributed by atoms with E-state index in [1.807, 2.05) is 30.3 Å². The summed E-state index contributed by atoms with van der Waals surface area (Å²) < 4.78 is 38.0. The van der Waals surface area contributed by atoms with E-state index in [4.69, 9.17) is 9.47 Å². The van der Waals surface area contributed by atoms with E-state index >= 15 is 0 Å². The average molecular weight is 570 g/mol. The summed E-state index contributed by atoms with van der Waals surface area (Å²) in [5, 5.41) is 0. The fourth-order valence-electron chi connectivity index (χ4n) is 6.06. The molecule has 2 heterocycles. The molecule has 2 unspecified atom stereocenters. The number of hydrogen-bond acceptors (Lipinski definition) is 6. The van der Waals surface area contributed by atoms with Crippen LogP contribution in [0.3, 0.4) is 0 Å². The monoisotopic (exact) mass is 569 g/mol. The lowest BCUT2D eigenvalue weighted by atomic mass is 9.72. The number of amides is 2. The standard InChI is InChI=1S/C31H37F2N3O5/c1-21-26(28(37)40-2)27(22-12-13-24(32)25(33)20-22)36(30(39)34-21)17-9-5-8-16-35-18-14-31(15-19-35,29(38)41-3)23-10-6-4-7-11-23/h4,6-7,10-13,20,26-27H,5,8-9,14-19H2,1-3H3. The molecular formula is C31H37F2N3O5. The van der Waals surface area contributed by atoms with Crippen molar-refractivity contribution in [2.45, 2.75) is 50.5 Å². The Kier molecular flexibility index (Phi) is 9.86. The Labute approximate surface area is 239 Å². The van der Waals surface area contributed by atoms with Gasteiger partial charge in [-0.1, -0.05) is 42.8 Å². The third-order valence-corrected chi connectivity index (χ3v) is 8.35. The summed E-state index contributed by atoms with van der Waals surface area (Å²) in [7, 11) is 2.68. The molecule has 2 aromatic rings. The van der Waals surface area contributed by atoms with Crippen LogP contribution in [0.2, 0.25) is 0 Å². The van der Waals surface area contributed by atoms with Crippen molar-refractivity contribution in [2.75, 3.05) is 40.4 Å². The van der Waals surface area contributed by atoms with Crippen LogP contribution in [0.4, 0.5) is 13.6 Å². The number of likely N-dealkylation sites (tertiary alicyclic amines) is 1. The van der Waals surface area contributed by atoms with Crippen molar-refractivity contribution in [3.05, 3.63) is 71.3 Å². The molecule has 41 heavy (non-hydrogen) atoms. The normalized spacial score (nSPS) is 20.9. The van der Waals surface area contributed by atoms with E-state index < -0.39 is 41.0 Å². The first-order valence-corrected chi connectivity index (χ1v) is 14.0. The molecule has 2 aliphatic rings. The number of hydrogen-bond donors (Lipinski definition) is 0. The maximum absolute atomic E-state index is 14.1. The summed E-state index contributed by atoms with van der Waals surface area (Å²) in [6.07, 6.45) is 3.66. The SMILES string of the molecule is COC(=O)C1C(C)=NC(=O)N(CCCCCN2CCC(C(=O)OC)(c3ccccc3)CC2)C1c1ccc(F)c(F)c1. The summed E-state index contributed by atoms with van der Waals surface area (Å²) in [5.74, 6) is -3.78. The molecule has 0 radical (unpaired) electrons. The smallest absolute Gasteiger partial charge is 0.344 e. The summed E-state index contributed by atoms with van der Waals surface area (Å²) in [6.45, 7) is 4.24. The van der Waals surface area contributed by atoms with E-state index in [1.54, 1.807) is 6.92 Å². The van der Waals surface area contributed by atoms with Gasteiger partial charge >= 0.3 is 18.0 Å². The fourth-order valence-corrected chi connectivity index (χ4v) is 6.06. The number of ether oxygens (including phenoxy) is 2. The largest absolute Gasteiger partial charge is 0.468 e. The lowest BCUT2D eigenvalue weighted by Crippen LogP contribution is -2.48. The van der Waals surface area contributed by atoms with E-state index in [9.17, 15) is 23.2 Å². The van der Waals surface area contributed by atoms with E-state index in [0.29, 0.717) is 31.4 Å². The van der Waals surface area contributed by atoms with E-state index in [0.717, 1.165) is 50.2 Å². The fraction of sp³-hybridized carbons (Fsp3) is 0.484. The Morgan fingerprint density at radius 1 is 0.951 bits per heavy atom. The molecule has 0 aliphatic carbocycles. The van der Waals surface area contributed by atoms with Crippen LogP contribution in [0.25, 0.3) is 0 Å². The predicted octanol–water partition coefficient (Wildman–Crippen LogP) is 5.07. The minimum absolute atomic E-state index is 0.201. The van der Waals surface area contributed by atoms with Gasteiger partial charge in [0.25, 0.3) is 0 Å². The molecule has 220 valence electrons. The molecule has 2 atom stereocenters. The molecule has 1 saturated heterocycles. The highest BCUT2D eigenvalue weighted by Crippen LogP contribution is 2.38. The van der Waals surface area contributed by atoms with Crippen molar-refractivity contribution in [1.29, 1.82) is 0 Å². The van der Waals surface area contributed by atoms with Crippen molar-refractivity contribution in [3.63, 3.8) is 0 Å². The third kappa shape index (κ3) is 6.48. The Bertz CT molecular complexity index is 1280. The average Bonchev–Trinajstić information content (AvgIpc) is 2.99. The van der Waals surface area contributed by atoms with Crippen LogP contribution >= 0.6 is 0 Å². The van der Waals surface area contributed by atoms with Crippen LogP contribution in [0, 0.1) is 17.6 Å². The quantitative estimate of drug-likeness (QED) is 0.293. The molecular weight excluding hydrogens is 532 g/mol.